The van der Waals surface area contributed by atoms with Crippen LogP contribution in [-0.4, -0.2) is 11.0 Å². The van der Waals surface area contributed by atoms with Gasteiger partial charge >= 0.3 is 6.09 Å². The molecule has 0 radical (unpaired) electrons. The number of amides is 1. The maximum atomic E-state index is 10.2. The summed E-state index contributed by atoms with van der Waals surface area (Å²) in [6.07, 6.45) is -1.09. The van der Waals surface area contributed by atoms with Crippen molar-refractivity contribution in [3.05, 3.63) is 34.4 Å². The van der Waals surface area contributed by atoms with Crippen LogP contribution in [0, 0.1) is 10.1 Å². The van der Waals surface area contributed by atoms with E-state index in [1.54, 1.807) is 0 Å². The molecule has 0 bridgehead atoms. The molecule has 0 aliphatic heterocycles. The Labute approximate surface area is 78.1 Å². The van der Waals surface area contributed by atoms with E-state index in [1.807, 2.05) is 0 Å². The quantitative estimate of drug-likeness (QED) is 0.442. The molecule has 74 valence electrons. The summed E-state index contributed by atoms with van der Waals surface area (Å²) in [4.78, 5) is 28.2. The molecule has 0 spiro atoms. The Morgan fingerprint density at radius 2 is 1.93 bits per heavy atom. The molecule has 1 rings (SSSR count). The van der Waals surface area contributed by atoms with Gasteiger partial charge in [-0.05, 0) is 12.1 Å². The van der Waals surface area contributed by atoms with Crippen molar-refractivity contribution in [3.63, 3.8) is 0 Å². The smallest absolute Gasteiger partial charge is 0.332 e. The van der Waals surface area contributed by atoms with Crippen LogP contribution in [0.4, 0.5) is 10.5 Å². The average Bonchev–Trinajstić information content (AvgIpc) is 2.15. The highest BCUT2D eigenvalue weighted by Gasteiger charge is 2.05. The van der Waals surface area contributed by atoms with Crippen molar-refractivity contribution in [3.8, 4) is 5.75 Å². The number of carbonyl (C=O) groups excluding carboxylic acids is 1. The molecular weight excluding hydrogens is 192 g/mol. The third kappa shape index (κ3) is 2.63. The van der Waals surface area contributed by atoms with Gasteiger partial charge in [-0.25, -0.2) is 9.68 Å². The molecule has 0 saturated heterocycles. The summed E-state index contributed by atoms with van der Waals surface area (Å²) in [7, 11) is 0. The molecule has 7 nitrogen and oxygen atoms in total. The molecule has 0 heterocycles. The predicted octanol–water partition coefficient (Wildman–Crippen LogP) is 0.984. The largest absolute Gasteiger partial charge is 0.447 e. The number of rotatable bonds is 3. The van der Waals surface area contributed by atoms with Crippen LogP contribution in [0.5, 0.6) is 5.75 Å². The molecule has 0 aliphatic rings. The predicted molar refractivity (Wildman–Crippen MR) is 44.4 cm³/mol. The Hall–Kier alpha value is -2.31. The van der Waals surface area contributed by atoms with Crippen molar-refractivity contribution in [2.75, 3.05) is 0 Å². The third-order valence-electron chi connectivity index (χ3n) is 1.27. The lowest BCUT2D eigenvalue weighted by Crippen LogP contribution is -2.15. The first-order valence-corrected chi connectivity index (χ1v) is 3.48. The second kappa shape index (κ2) is 4.08. The van der Waals surface area contributed by atoms with Gasteiger partial charge in [0.2, 0.25) is 0 Å². The van der Waals surface area contributed by atoms with Gasteiger partial charge in [0.15, 0.2) is 5.75 Å². The lowest BCUT2D eigenvalue weighted by molar-refractivity contribution is -0.384. The van der Waals surface area contributed by atoms with Gasteiger partial charge in [-0.3, -0.25) is 15.0 Å². The number of nitrogens with two attached hydrogens (primary N) is 1. The molecule has 1 aromatic carbocycles. The molecule has 14 heavy (non-hydrogen) atoms. The molecule has 0 fully saturated rings. The topological polar surface area (TPSA) is 105 Å². The molecule has 0 atom stereocenters. The minimum Gasteiger partial charge on any atom is -0.332 e. The molecule has 2 N–H and O–H groups in total. The van der Waals surface area contributed by atoms with Gasteiger partial charge in [0.25, 0.3) is 5.69 Å². The number of non-ortho nitro benzene ring substituents is 1. The van der Waals surface area contributed by atoms with Gasteiger partial charge < -0.3 is 5.73 Å². The molecule has 0 aliphatic carbocycles. The standard InChI is InChI=1S/C7H6N2O5/c8-7(10)14-13-6-3-1-5(2-4-6)9(11)12/h1-4H,(H2,8,10). The molecule has 0 saturated carbocycles. The maximum Gasteiger partial charge on any atom is 0.447 e. The van der Waals surface area contributed by atoms with E-state index in [1.165, 1.54) is 24.3 Å². The fourth-order valence-electron chi connectivity index (χ4n) is 0.713. The van der Waals surface area contributed by atoms with E-state index in [0.29, 0.717) is 0 Å². The summed E-state index contributed by atoms with van der Waals surface area (Å²) in [6, 6.07) is 4.97. The Morgan fingerprint density at radius 1 is 1.36 bits per heavy atom. The van der Waals surface area contributed by atoms with Gasteiger partial charge in [0, 0.05) is 12.1 Å². The van der Waals surface area contributed by atoms with E-state index < -0.39 is 11.0 Å². The second-order valence-electron chi connectivity index (χ2n) is 2.24. The van der Waals surface area contributed by atoms with Gasteiger partial charge in [0.1, 0.15) is 0 Å². The van der Waals surface area contributed by atoms with Crippen LogP contribution < -0.4 is 10.6 Å². The van der Waals surface area contributed by atoms with E-state index in [2.05, 4.69) is 15.5 Å². The zero-order valence-electron chi connectivity index (χ0n) is 6.88. The van der Waals surface area contributed by atoms with Crippen LogP contribution in [0.25, 0.3) is 0 Å². The zero-order valence-corrected chi connectivity index (χ0v) is 6.88. The highest BCUT2D eigenvalue weighted by Crippen LogP contribution is 2.17. The van der Waals surface area contributed by atoms with Gasteiger partial charge in [0.05, 0.1) is 4.92 Å². The minimum absolute atomic E-state index is 0.0866. The summed E-state index contributed by atoms with van der Waals surface area (Å²) in [6.45, 7) is 0. The lowest BCUT2D eigenvalue weighted by atomic mass is 10.3. The van der Waals surface area contributed by atoms with Gasteiger partial charge in [-0.15, -0.1) is 0 Å². The van der Waals surface area contributed by atoms with E-state index in [-0.39, 0.29) is 11.4 Å². The summed E-state index contributed by atoms with van der Waals surface area (Å²) >= 11 is 0. The second-order valence-corrected chi connectivity index (χ2v) is 2.24. The fourth-order valence-corrected chi connectivity index (χ4v) is 0.713. The monoisotopic (exact) mass is 198 g/mol. The van der Waals surface area contributed by atoms with Crippen molar-refractivity contribution >= 4 is 11.8 Å². The van der Waals surface area contributed by atoms with Gasteiger partial charge in [-0.2, -0.15) is 0 Å². The van der Waals surface area contributed by atoms with Crippen molar-refractivity contribution < 1.29 is 19.5 Å². The van der Waals surface area contributed by atoms with Crippen molar-refractivity contribution in [1.82, 2.24) is 0 Å². The van der Waals surface area contributed by atoms with Gasteiger partial charge in [-0.1, -0.05) is 0 Å². The van der Waals surface area contributed by atoms with E-state index >= 15 is 0 Å². The number of primary amides is 1. The highest BCUT2D eigenvalue weighted by molar-refractivity contribution is 5.63. The van der Waals surface area contributed by atoms with Crippen LogP contribution >= 0.6 is 0 Å². The minimum atomic E-state index is -1.09. The van der Waals surface area contributed by atoms with E-state index in [4.69, 9.17) is 0 Å². The van der Waals surface area contributed by atoms with Crippen LogP contribution in [-0.2, 0) is 4.89 Å². The molecule has 1 aromatic rings. The summed E-state index contributed by atoms with van der Waals surface area (Å²) in [5, 5.41) is 10.2. The number of nitro benzene ring substituents is 1. The first-order chi connectivity index (χ1) is 6.59. The number of benzene rings is 1. The summed E-state index contributed by atoms with van der Waals surface area (Å²) in [5.41, 5.74) is 4.54. The van der Waals surface area contributed by atoms with Crippen molar-refractivity contribution in [2.45, 2.75) is 0 Å². The number of nitro groups is 1. The summed E-state index contributed by atoms with van der Waals surface area (Å²) < 4.78 is 0. The van der Waals surface area contributed by atoms with Crippen LogP contribution in [0.2, 0.25) is 0 Å². The fraction of sp³-hybridized carbons (Fsp3) is 0. The molecule has 0 aromatic heterocycles. The van der Waals surface area contributed by atoms with E-state index in [9.17, 15) is 14.9 Å². The lowest BCUT2D eigenvalue weighted by Gasteiger charge is -2.00. The average molecular weight is 198 g/mol. The zero-order chi connectivity index (χ0) is 10.6. The number of nitrogens with zero attached hydrogens (tertiary/aromatic N) is 1. The number of hydrogen-bond donors (Lipinski definition) is 1. The number of carbonyl (C=O) groups is 1. The molecular formula is C7H6N2O5. The van der Waals surface area contributed by atoms with E-state index in [0.717, 1.165) is 0 Å². The molecule has 1 amide bonds. The third-order valence-corrected chi connectivity index (χ3v) is 1.27. The van der Waals surface area contributed by atoms with Crippen LogP contribution in [0.15, 0.2) is 24.3 Å². The Bertz CT molecular complexity index is 348. The first kappa shape index (κ1) is 9.78. The Kier molecular flexibility index (Phi) is 2.85. The molecule has 7 heteroatoms. The van der Waals surface area contributed by atoms with Crippen molar-refractivity contribution in [1.29, 1.82) is 0 Å². The summed E-state index contributed by atoms with van der Waals surface area (Å²) in [5.74, 6) is 0.148. The molecule has 0 unspecified atom stereocenters. The van der Waals surface area contributed by atoms with Crippen LogP contribution in [0.3, 0.4) is 0 Å². The SMILES string of the molecule is NC(=O)OOc1ccc([N+](=O)[O-])cc1. The van der Waals surface area contributed by atoms with Crippen LogP contribution in [0.1, 0.15) is 0 Å². The van der Waals surface area contributed by atoms with Crippen molar-refractivity contribution in [2.24, 2.45) is 5.73 Å². The normalized spacial score (nSPS) is 9.14. The first-order valence-electron chi connectivity index (χ1n) is 3.48. The Balaban J connectivity index is 2.64. The highest BCUT2D eigenvalue weighted by atomic mass is 17.2. The number of hydrogen-bond acceptors (Lipinski definition) is 5. The maximum absolute atomic E-state index is 10.2. The Morgan fingerprint density at radius 3 is 2.36 bits per heavy atom.